The van der Waals surface area contributed by atoms with Gasteiger partial charge in [-0.1, -0.05) is 23.8 Å². The molecule has 0 fully saturated rings. The fourth-order valence-electron chi connectivity index (χ4n) is 2.56. The number of ether oxygens (including phenoxy) is 2. The van der Waals surface area contributed by atoms with E-state index in [1.165, 1.54) is 30.4 Å². The molecule has 0 aromatic heterocycles. The lowest BCUT2D eigenvalue weighted by atomic mass is 10.1. The monoisotopic (exact) mass is 404 g/mol. The first-order chi connectivity index (χ1) is 13.8. The van der Waals surface area contributed by atoms with Crippen LogP contribution in [-0.4, -0.2) is 25.0 Å². The Hall–Kier alpha value is -3.42. The molecule has 0 atom stereocenters. The largest absolute Gasteiger partial charge is 0.490 e. The lowest BCUT2D eigenvalue weighted by Gasteiger charge is -2.11. The molecule has 0 saturated carbocycles. The highest BCUT2D eigenvalue weighted by Crippen LogP contribution is 2.30. The van der Waals surface area contributed by atoms with Crippen LogP contribution in [-0.2, 0) is 4.79 Å². The smallest absolute Gasteiger partial charge is 0.387 e. The molecule has 2 amide bonds. The van der Waals surface area contributed by atoms with E-state index in [1.807, 2.05) is 13.0 Å². The molecule has 0 saturated heterocycles. The van der Waals surface area contributed by atoms with Gasteiger partial charge >= 0.3 is 6.61 Å². The van der Waals surface area contributed by atoms with E-state index in [1.54, 1.807) is 26.0 Å². The molecule has 0 radical (unpaired) electrons. The first-order valence-corrected chi connectivity index (χ1v) is 8.87. The summed E-state index contributed by atoms with van der Waals surface area (Å²) in [7, 11) is 0. The van der Waals surface area contributed by atoms with E-state index >= 15 is 0 Å². The lowest BCUT2D eigenvalue weighted by Crippen LogP contribution is -2.41. The summed E-state index contributed by atoms with van der Waals surface area (Å²) in [6.07, 6.45) is 2.65. The Balaban J connectivity index is 1.99. The zero-order valence-electron chi connectivity index (χ0n) is 16.3. The maximum atomic E-state index is 12.4. The van der Waals surface area contributed by atoms with E-state index < -0.39 is 18.4 Å². The standard InChI is InChI=1S/C21H22F2N2O4/c1-4-28-18-12-15(6-9-17(18)29-21(22)23)7-10-19(26)24-25-20(27)16-8-5-13(2)11-14(16)3/h5-12,21H,4H2,1-3H3,(H,24,26)(H,25,27)/b10-7+. The van der Waals surface area contributed by atoms with Crippen LogP contribution in [0.25, 0.3) is 6.08 Å². The third-order valence-electron chi connectivity index (χ3n) is 3.84. The molecule has 6 nitrogen and oxygen atoms in total. The Morgan fingerprint density at radius 2 is 1.83 bits per heavy atom. The Kier molecular flexibility index (Phi) is 7.70. The summed E-state index contributed by atoms with van der Waals surface area (Å²) in [5.41, 5.74) is 7.44. The van der Waals surface area contributed by atoms with Crippen molar-refractivity contribution in [1.82, 2.24) is 10.9 Å². The number of nitrogens with one attached hydrogen (secondary N) is 2. The minimum Gasteiger partial charge on any atom is -0.490 e. The van der Waals surface area contributed by atoms with Crippen molar-refractivity contribution in [3.63, 3.8) is 0 Å². The van der Waals surface area contributed by atoms with E-state index in [9.17, 15) is 18.4 Å². The van der Waals surface area contributed by atoms with Crippen LogP contribution < -0.4 is 20.3 Å². The predicted molar refractivity (Wildman–Crippen MR) is 105 cm³/mol. The second-order valence-corrected chi connectivity index (χ2v) is 6.11. The van der Waals surface area contributed by atoms with Gasteiger partial charge in [-0.25, -0.2) is 0 Å². The fourth-order valence-corrected chi connectivity index (χ4v) is 2.56. The number of rotatable bonds is 7. The van der Waals surface area contributed by atoms with E-state index in [4.69, 9.17) is 4.74 Å². The second-order valence-electron chi connectivity index (χ2n) is 6.11. The van der Waals surface area contributed by atoms with Crippen molar-refractivity contribution in [3.8, 4) is 11.5 Å². The molecule has 0 spiro atoms. The highest BCUT2D eigenvalue weighted by molar-refractivity contribution is 5.98. The zero-order chi connectivity index (χ0) is 21.4. The molecule has 0 heterocycles. The second kappa shape index (κ2) is 10.2. The number of hydrogen-bond donors (Lipinski definition) is 2. The number of aryl methyl sites for hydroxylation is 2. The summed E-state index contributed by atoms with van der Waals surface area (Å²) in [5.74, 6) is -0.951. The third kappa shape index (κ3) is 6.60. The average Bonchev–Trinajstić information content (AvgIpc) is 2.66. The average molecular weight is 404 g/mol. The first kappa shape index (κ1) is 21.9. The number of benzene rings is 2. The van der Waals surface area contributed by atoms with Crippen LogP contribution in [0.2, 0.25) is 0 Å². The summed E-state index contributed by atoms with van der Waals surface area (Å²) in [4.78, 5) is 24.1. The SMILES string of the molecule is CCOc1cc(/C=C/C(=O)NNC(=O)c2ccc(C)cc2C)ccc1OC(F)F. The topological polar surface area (TPSA) is 76.7 Å². The van der Waals surface area contributed by atoms with Crippen LogP contribution in [0.4, 0.5) is 8.78 Å². The number of hydrazine groups is 1. The van der Waals surface area contributed by atoms with Crippen molar-refractivity contribution in [2.45, 2.75) is 27.4 Å². The van der Waals surface area contributed by atoms with Gasteiger partial charge in [0.25, 0.3) is 11.8 Å². The van der Waals surface area contributed by atoms with Crippen LogP contribution in [0.1, 0.15) is 34.0 Å². The summed E-state index contributed by atoms with van der Waals surface area (Å²) < 4.78 is 34.5. The van der Waals surface area contributed by atoms with Crippen LogP contribution in [0.3, 0.4) is 0 Å². The lowest BCUT2D eigenvalue weighted by molar-refractivity contribution is -0.117. The van der Waals surface area contributed by atoms with E-state index in [0.29, 0.717) is 11.1 Å². The normalized spacial score (nSPS) is 10.8. The Bertz CT molecular complexity index is 914. The predicted octanol–water partition coefficient (Wildman–Crippen LogP) is 3.78. The van der Waals surface area contributed by atoms with E-state index in [0.717, 1.165) is 11.1 Å². The molecule has 2 aromatic rings. The summed E-state index contributed by atoms with van der Waals surface area (Å²) >= 11 is 0. The maximum Gasteiger partial charge on any atom is 0.387 e. The molecule has 0 unspecified atom stereocenters. The Morgan fingerprint density at radius 3 is 2.48 bits per heavy atom. The molecular formula is C21H22F2N2O4. The maximum absolute atomic E-state index is 12.4. The molecule has 2 aromatic carbocycles. The van der Waals surface area contributed by atoms with Gasteiger partial charge < -0.3 is 9.47 Å². The highest BCUT2D eigenvalue weighted by Gasteiger charge is 2.12. The van der Waals surface area contributed by atoms with Crippen molar-refractivity contribution in [2.75, 3.05) is 6.61 Å². The van der Waals surface area contributed by atoms with E-state index in [2.05, 4.69) is 15.6 Å². The van der Waals surface area contributed by atoms with Gasteiger partial charge in [-0.2, -0.15) is 8.78 Å². The molecule has 0 aliphatic rings. The van der Waals surface area contributed by atoms with Crippen molar-refractivity contribution in [1.29, 1.82) is 0 Å². The minimum atomic E-state index is -2.97. The number of alkyl halides is 2. The van der Waals surface area contributed by atoms with Crippen molar-refractivity contribution in [2.24, 2.45) is 0 Å². The van der Waals surface area contributed by atoms with Gasteiger partial charge in [0.05, 0.1) is 6.61 Å². The number of carbonyl (C=O) groups excluding carboxylic acids is 2. The Morgan fingerprint density at radius 1 is 1.07 bits per heavy atom. The van der Waals surface area contributed by atoms with Gasteiger partial charge in [-0.05, 0) is 56.2 Å². The molecule has 0 bridgehead atoms. The number of carbonyl (C=O) groups is 2. The minimum absolute atomic E-state index is 0.0933. The quantitative estimate of drug-likeness (QED) is 0.544. The van der Waals surface area contributed by atoms with Gasteiger partial charge in [0, 0.05) is 11.6 Å². The molecular weight excluding hydrogens is 382 g/mol. The van der Waals surface area contributed by atoms with Crippen molar-refractivity contribution >= 4 is 17.9 Å². The van der Waals surface area contributed by atoms with Crippen LogP contribution >= 0.6 is 0 Å². The summed E-state index contributed by atoms with van der Waals surface area (Å²) in [6, 6.07) is 9.66. The van der Waals surface area contributed by atoms with Gasteiger partial charge in [0.2, 0.25) is 0 Å². The van der Waals surface area contributed by atoms with Gasteiger partial charge in [0.15, 0.2) is 11.5 Å². The van der Waals surface area contributed by atoms with Crippen molar-refractivity contribution < 1.29 is 27.8 Å². The molecule has 29 heavy (non-hydrogen) atoms. The molecule has 2 N–H and O–H groups in total. The third-order valence-corrected chi connectivity index (χ3v) is 3.84. The zero-order valence-corrected chi connectivity index (χ0v) is 16.3. The number of halogens is 2. The van der Waals surface area contributed by atoms with Gasteiger partial charge in [-0.15, -0.1) is 0 Å². The fraction of sp³-hybridized carbons (Fsp3) is 0.238. The Labute approximate surface area is 167 Å². The molecule has 154 valence electrons. The highest BCUT2D eigenvalue weighted by atomic mass is 19.3. The van der Waals surface area contributed by atoms with Crippen LogP contribution in [0, 0.1) is 13.8 Å². The van der Waals surface area contributed by atoms with Crippen LogP contribution in [0.5, 0.6) is 11.5 Å². The van der Waals surface area contributed by atoms with E-state index in [-0.39, 0.29) is 18.1 Å². The van der Waals surface area contributed by atoms with Crippen LogP contribution in [0.15, 0.2) is 42.5 Å². The number of hydrogen-bond acceptors (Lipinski definition) is 4. The molecule has 2 rings (SSSR count). The van der Waals surface area contributed by atoms with Gasteiger partial charge in [0.1, 0.15) is 0 Å². The molecule has 0 aliphatic carbocycles. The number of amides is 2. The van der Waals surface area contributed by atoms with Crippen molar-refractivity contribution in [3.05, 3.63) is 64.7 Å². The van der Waals surface area contributed by atoms with Gasteiger partial charge in [-0.3, -0.25) is 20.4 Å². The summed E-state index contributed by atoms with van der Waals surface area (Å²) in [6.45, 7) is 2.73. The molecule has 0 aliphatic heterocycles. The molecule has 8 heteroatoms. The first-order valence-electron chi connectivity index (χ1n) is 8.87. The summed E-state index contributed by atoms with van der Waals surface area (Å²) in [5, 5.41) is 0.